The van der Waals surface area contributed by atoms with Gasteiger partial charge in [-0.15, -0.1) is 0 Å². The van der Waals surface area contributed by atoms with E-state index in [1.54, 1.807) is 0 Å². The predicted octanol–water partition coefficient (Wildman–Crippen LogP) is 2.45. The molecule has 0 rings (SSSR count). The summed E-state index contributed by atoms with van der Waals surface area (Å²) >= 11 is 0. The fraction of sp³-hybridized carbons (Fsp3) is 0.667. The van der Waals surface area contributed by atoms with E-state index in [-0.39, 0.29) is 16.6 Å². The molecule has 6 nitrogen and oxygen atoms in total. The molecule has 0 spiro atoms. The number of carboxylic acid groups (broad SMARTS) is 1. The molecule has 21 heavy (non-hydrogen) atoms. The van der Waals surface area contributed by atoms with Gasteiger partial charge in [0.25, 0.3) is 5.91 Å². The van der Waals surface area contributed by atoms with Crippen molar-refractivity contribution in [1.82, 2.24) is 10.6 Å². The number of aliphatic carboxylic acids is 1. The molecular weight excluding hydrogens is 272 g/mol. The van der Waals surface area contributed by atoms with E-state index in [0.717, 1.165) is 6.42 Å². The quantitative estimate of drug-likeness (QED) is 0.695. The van der Waals surface area contributed by atoms with Crippen LogP contribution in [0.2, 0.25) is 0 Å². The molecule has 120 valence electrons. The number of imide groups is 1. The molecule has 3 amide bonds. The lowest BCUT2D eigenvalue weighted by atomic mass is 9.82. The molecule has 0 unspecified atom stereocenters. The molecule has 0 saturated heterocycles. The van der Waals surface area contributed by atoms with Crippen molar-refractivity contribution in [3.05, 3.63) is 11.1 Å². The van der Waals surface area contributed by atoms with Crippen molar-refractivity contribution in [3.63, 3.8) is 0 Å². The Morgan fingerprint density at radius 1 is 0.952 bits per heavy atom. The SMILES string of the molecule is CC(C(=O)O)=C(C)C(=O)NC(=O)NC(C)(C)CC(C)(C)C. The maximum Gasteiger partial charge on any atom is 0.331 e. The Morgan fingerprint density at radius 3 is 1.81 bits per heavy atom. The van der Waals surface area contributed by atoms with Crippen LogP contribution in [-0.2, 0) is 9.59 Å². The van der Waals surface area contributed by atoms with E-state index in [1.807, 2.05) is 13.8 Å². The van der Waals surface area contributed by atoms with Gasteiger partial charge in [0, 0.05) is 16.7 Å². The van der Waals surface area contributed by atoms with Crippen LogP contribution < -0.4 is 10.6 Å². The molecule has 0 atom stereocenters. The van der Waals surface area contributed by atoms with E-state index in [9.17, 15) is 14.4 Å². The molecule has 0 aromatic heterocycles. The second-order valence-corrected chi connectivity index (χ2v) is 7.08. The molecule has 3 N–H and O–H groups in total. The van der Waals surface area contributed by atoms with Gasteiger partial charge in [0.15, 0.2) is 0 Å². The third-order valence-corrected chi connectivity index (χ3v) is 2.88. The summed E-state index contributed by atoms with van der Waals surface area (Å²) in [7, 11) is 0. The van der Waals surface area contributed by atoms with E-state index in [0.29, 0.717) is 0 Å². The lowest BCUT2D eigenvalue weighted by Crippen LogP contribution is -2.51. The molecule has 0 radical (unpaired) electrons. The van der Waals surface area contributed by atoms with Crippen LogP contribution in [0.25, 0.3) is 0 Å². The lowest BCUT2D eigenvalue weighted by Gasteiger charge is -2.33. The van der Waals surface area contributed by atoms with Crippen molar-refractivity contribution in [2.24, 2.45) is 5.41 Å². The summed E-state index contributed by atoms with van der Waals surface area (Å²) in [4.78, 5) is 34.4. The van der Waals surface area contributed by atoms with Gasteiger partial charge in [-0.25, -0.2) is 9.59 Å². The third-order valence-electron chi connectivity index (χ3n) is 2.88. The van der Waals surface area contributed by atoms with Gasteiger partial charge in [0.05, 0.1) is 0 Å². The van der Waals surface area contributed by atoms with Crippen LogP contribution in [0.3, 0.4) is 0 Å². The molecule has 0 heterocycles. The fourth-order valence-corrected chi connectivity index (χ4v) is 2.24. The van der Waals surface area contributed by atoms with Gasteiger partial charge in [-0.3, -0.25) is 10.1 Å². The van der Waals surface area contributed by atoms with Gasteiger partial charge in [-0.05, 0) is 39.5 Å². The molecule has 0 aromatic carbocycles. The standard InChI is InChI=1S/C15H26N2O4/c1-9(10(2)12(19)20)11(18)16-13(21)17-15(6,7)8-14(3,4)5/h8H2,1-7H3,(H,19,20)(H2,16,17,18,21). The molecule has 0 aromatic rings. The molecule has 0 aliphatic rings. The first-order chi connectivity index (χ1) is 9.25. The molecule has 0 aliphatic heterocycles. The maximum atomic E-state index is 11.8. The number of nitrogens with one attached hydrogen (secondary N) is 2. The van der Waals surface area contributed by atoms with E-state index >= 15 is 0 Å². The van der Waals surface area contributed by atoms with E-state index in [2.05, 4.69) is 31.4 Å². The Kier molecular flexibility index (Phi) is 6.14. The highest BCUT2D eigenvalue weighted by atomic mass is 16.4. The summed E-state index contributed by atoms with van der Waals surface area (Å²) in [5.74, 6) is -1.89. The number of carbonyl (C=O) groups is 3. The summed E-state index contributed by atoms with van der Waals surface area (Å²) in [6, 6.07) is -0.633. The second kappa shape index (κ2) is 6.74. The molecule has 6 heteroatoms. The number of hydrogen-bond donors (Lipinski definition) is 3. The first-order valence-electron chi connectivity index (χ1n) is 6.79. The zero-order chi connectivity index (χ0) is 17.0. The maximum absolute atomic E-state index is 11.8. The highest BCUT2D eigenvalue weighted by Gasteiger charge is 2.27. The van der Waals surface area contributed by atoms with Crippen LogP contribution in [0.15, 0.2) is 11.1 Å². The van der Waals surface area contributed by atoms with Crippen LogP contribution in [0.4, 0.5) is 4.79 Å². The van der Waals surface area contributed by atoms with Crippen molar-refractivity contribution in [2.75, 3.05) is 0 Å². The minimum Gasteiger partial charge on any atom is -0.478 e. The number of hydrogen-bond acceptors (Lipinski definition) is 3. The smallest absolute Gasteiger partial charge is 0.331 e. The van der Waals surface area contributed by atoms with Crippen molar-refractivity contribution < 1.29 is 19.5 Å². The van der Waals surface area contributed by atoms with Crippen molar-refractivity contribution >= 4 is 17.9 Å². The van der Waals surface area contributed by atoms with Gasteiger partial charge in [-0.1, -0.05) is 20.8 Å². The summed E-state index contributed by atoms with van der Waals surface area (Å²) in [5, 5.41) is 13.7. The first-order valence-corrected chi connectivity index (χ1v) is 6.79. The minimum atomic E-state index is -1.18. The van der Waals surface area contributed by atoms with Crippen molar-refractivity contribution in [3.8, 4) is 0 Å². The molecule has 0 aliphatic carbocycles. The summed E-state index contributed by atoms with van der Waals surface area (Å²) in [6.45, 7) is 12.6. The van der Waals surface area contributed by atoms with Crippen LogP contribution in [0.1, 0.15) is 54.9 Å². The van der Waals surface area contributed by atoms with E-state index in [4.69, 9.17) is 5.11 Å². The van der Waals surface area contributed by atoms with Gasteiger partial charge in [0.2, 0.25) is 0 Å². The van der Waals surface area contributed by atoms with Crippen LogP contribution in [0, 0.1) is 5.41 Å². The van der Waals surface area contributed by atoms with Gasteiger partial charge >= 0.3 is 12.0 Å². The normalized spacial score (nSPS) is 13.3. The number of rotatable bonds is 4. The summed E-state index contributed by atoms with van der Waals surface area (Å²) in [5.41, 5.74) is -0.543. The lowest BCUT2D eigenvalue weighted by molar-refractivity contribution is -0.133. The molecular formula is C15H26N2O4. The Labute approximate surface area is 126 Å². The largest absolute Gasteiger partial charge is 0.478 e. The summed E-state index contributed by atoms with van der Waals surface area (Å²) in [6.07, 6.45) is 0.727. The van der Waals surface area contributed by atoms with E-state index < -0.39 is 23.4 Å². The predicted molar refractivity (Wildman–Crippen MR) is 80.8 cm³/mol. The zero-order valence-electron chi connectivity index (χ0n) is 13.9. The van der Waals surface area contributed by atoms with Gasteiger partial charge in [-0.2, -0.15) is 0 Å². The summed E-state index contributed by atoms with van der Waals surface area (Å²) < 4.78 is 0. The Balaban J connectivity index is 4.76. The fourth-order valence-electron chi connectivity index (χ4n) is 2.24. The van der Waals surface area contributed by atoms with Crippen LogP contribution in [-0.4, -0.2) is 28.6 Å². The zero-order valence-corrected chi connectivity index (χ0v) is 13.9. The second-order valence-electron chi connectivity index (χ2n) is 7.08. The molecule has 0 fully saturated rings. The average molecular weight is 298 g/mol. The molecule has 0 saturated carbocycles. The number of carbonyl (C=O) groups excluding carboxylic acids is 2. The highest BCUT2D eigenvalue weighted by molar-refractivity contribution is 6.07. The monoisotopic (exact) mass is 298 g/mol. The van der Waals surface area contributed by atoms with Gasteiger partial charge < -0.3 is 10.4 Å². The highest BCUT2D eigenvalue weighted by Crippen LogP contribution is 2.26. The Hall–Kier alpha value is -1.85. The first kappa shape index (κ1) is 19.1. The number of urea groups is 1. The van der Waals surface area contributed by atoms with Crippen LogP contribution >= 0.6 is 0 Å². The topological polar surface area (TPSA) is 95.5 Å². The van der Waals surface area contributed by atoms with Crippen molar-refractivity contribution in [2.45, 2.75) is 60.4 Å². The minimum absolute atomic E-state index is 0.00581. The average Bonchev–Trinajstić information content (AvgIpc) is 2.21. The molecule has 0 bridgehead atoms. The third kappa shape index (κ3) is 7.48. The van der Waals surface area contributed by atoms with Crippen molar-refractivity contribution in [1.29, 1.82) is 0 Å². The van der Waals surface area contributed by atoms with Crippen LogP contribution in [0.5, 0.6) is 0 Å². The Bertz CT molecular complexity index is 471. The van der Waals surface area contributed by atoms with Gasteiger partial charge in [0.1, 0.15) is 0 Å². The number of amides is 3. The number of carboxylic acids is 1. The van der Waals surface area contributed by atoms with E-state index in [1.165, 1.54) is 13.8 Å². The Morgan fingerprint density at radius 2 is 1.43 bits per heavy atom.